The number of carbonyl (C=O) groups excluding carboxylic acids is 1. The average Bonchev–Trinajstić information content (AvgIpc) is 2.23. The zero-order chi connectivity index (χ0) is 15.3. The standard InChI is InChI=1S/C9H18NO8P/c1-9(2,5-11)7(18-19(15,16)17)8(14)10-4-3-6(12)13/h7,11H,3-5H2,1-2H3,(H,10,14)(H,12,13)(H2,15,16,17). The highest BCUT2D eigenvalue weighted by molar-refractivity contribution is 7.46. The first-order chi connectivity index (χ1) is 8.49. The van der Waals surface area contributed by atoms with Gasteiger partial charge >= 0.3 is 13.8 Å². The van der Waals surface area contributed by atoms with Gasteiger partial charge in [-0.2, -0.15) is 0 Å². The van der Waals surface area contributed by atoms with Crippen LogP contribution in [0.1, 0.15) is 20.3 Å². The molecular formula is C9H18NO8P. The summed E-state index contributed by atoms with van der Waals surface area (Å²) >= 11 is 0. The summed E-state index contributed by atoms with van der Waals surface area (Å²) in [7, 11) is -4.92. The van der Waals surface area contributed by atoms with Crippen molar-refractivity contribution in [1.29, 1.82) is 0 Å². The van der Waals surface area contributed by atoms with Crippen LogP contribution >= 0.6 is 7.82 Å². The van der Waals surface area contributed by atoms with Crippen molar-refractivity contribution >= 4 is 19.7 Å². The van der Waals surface area contributed by atoms with E-state index in [1.807, 2.05) is 0 Å². The van der Waals surface area contributed by atoms with E-state index in [4.69, 9.17) is 20.0 Å². The van der Waals surface area contributed by atoms with Crippen LogP contribution in [0.4, 0.5) is 0 Å². The molecule has 0 aliphatic carbocycles. The summed E-state index contributed by atoms with van der Waals surface area (Å²) in [6.45, 7) is 1.99. The van der Waals surface area contributed by atoms with Gasteiger partial charge < -0.3 is 25.3 Å². The highest BCUT2D eigenvalue weighted by atomic mass is 31.2. The largest absolute Gasteiger partial charge is 0.481 e. The van der Waals surface area contributed by atoms with Crippen LogP contribution in [-0.4, -0.2) is 51.1 Å². The number of phosphoric acid groups is 1. The van der Waals surface area contributed by atoms with Gasteiger partial charge in [-0.15, -0.1) is 0 Å². The Morgan fingerprint density at radius 1 is 1.37 bits per heavy atom. The maximum Gasteiger partial charge on any atom is 0.470 e. The van der Waals surface area contributed by atoms with Crippen LogP contribution in [0.5, 0.6) is 0 Å². The van der Waals surface area contributed by atoms with Crippen LogP contribution in [0.25, 0.3) is 0 Å². The zero-order valence-electron chi connectivity index (χ0n) is 10.6. The van der Waals surface area contributed by atoms with Crippen LogP contribution < -0.4 is 5.32 Å². The number of carboxylic acids is 1. The predicted molar refractivity (Wildman–Crippen MR) is 63.0 cm³/mol. The normalized spacial score (nSPS) is 13.9. The molecule has 0 aromatic carbocycles. The van der Waals surface area contributed by atoms with Gasteiger partial charge in [-0.05, 0) is 0 Å². The minimum atomic E-state index is -4.92. The summed E-state index contributed by atoms with van der Waals surface area (Å²) in [5.74, 6) is -2.03. The van der Waals surface area contributed by atoms with Gasteiger partial charge in [0.2, 0.25) is 5.91 Å². The Morgan fingerprint density at radius 2 is 1.89 bits per heavy atom. The van der Waals surface area contributed by atoms with E-state index >= 15 is 0 Å². The molecule has 0 aromatic rings. The molecule has 0 rings (SSSR count). The number of carboxylic acid groups (broad SMARTS) is 1. The summed E-state index contributed by atoms with van der Waals surface area (Å²) in [5, 5.41) is 19.7. The van der Waals surface area contributed by atoms with Gasteiger partial charge in [0.1, 0.15) is 0 Å². The van der Waals surface area contributed by atoms with E-state index < -0.39 is 37.8 Å². The maximum absolute atomic E-state index is 11.7. The molecule has 0 aliphatic heterocycles. The topological polar surface area (TPSA) is 153 Å². The van der Waals surface area contributed by atoms with Gasteiger partial charge in [0.05, 0.1) is 13.0 Å². The molecule has 5 N–H and O–H groups in total. The average molecular weight is 299 g/mol. The van der Waals surface area contributed by atoms with E-state index in [9.17, 15) is 14.2 Å². The highest BCUT2D eigenvalue weighted by Crippen LogP contribution is 2.41. The van der Waals surface area contributed by atoms with Crippen molar-refractivity contribution in [3.8, 4) is 0 Å². The van der Waals surface area contributed by atoms with Crippen LogP contribution in [0.15, 0.2) is 0 Å². The smallest absolute Gasteiger partial charge is 0.470 e. The third-order valence-corrected chi connectivity index (χ3v) is 2.72. The molecule has 19 heavy (non-hydrogen) atoms. The van der Waals surface area contributed by atoms with Crippen molar-refractivity contribution in [1.82, 2.24) is 5.32 Å². The molecule has 0 saturated carbocycles. The van der Waals surface area contributed by atoms with E-state index in [0.29, 0.717) is 0 Å². The molecule has 112 valence electrons. The lowest BCUT2D eigenvalue weighted by molar-refractivity contribution is -0.138. The summed E-state index contributed by atoms with van der Waals surface area (Å²) in [6.07, 6.45) is -1.94. The number of hydrogen-bond acceptors (Lipinski definition) is 5. The van der Waals surface area contributed by atoms with Gasteiger partial charge in [0.15, 0.2) is 6.10 Å². The third kappa shape index (κ3) is 7.24. The number of rotatable bonds is 8. The number of phosphoric ester groups is 1. The molecule has 0 spiro atoms. The Morgan fingerprint density at radius 3 is 2.26 bits per heavy atom. The van der Waals surface area contributed by atoms with Crippen molar-refractivity contribution in [2.75, 3.05) is 13.2 Å². The lowest BCUT2D eigenvalue weighted by Gasteiger charge is -2.31. The molecule has 1 amide bonds. The molecular weight excluding hydrogens is 281 g/mol. The number of aliphatic hydroxyl groups excluding tert-OH is 1. The predicted octanol–water partition coefficient (Wildman–Crippen LogP) is -0.926. The number of nitrogens with one attached hydrogen (secondary N) is 1. The van der Waals surface area contributed by atoms with E-state index in [1.165, 1.54) is 13.8 Å². The summed E-state index contributed by atoms with van der Waals surface area (Å²) in [5.41, 5.74) is -1.24. The molecule has 0 aromatic heterocycles. The van der Waals surface area contributed by atoms with Crippen molar-refractivity contribution in [2.24, 2.45) is 5.41 Å². The third-order valence-electron chi connectivity index (χ3n) is 2.24. The number of carbonyl (C=O) groups is 2. The summed E-state index contributed by atoms with van der Waals surface area (Å²) < 4.78 is 15.2. The molecule has 0 aliphatic rings. The maximum atomic E-state index is 11.7. The monoisotopic (exact) mass is 299 g/mol. The van der Waals surface area contributed by atoms with Crippen LogP contribution in [0, 0.1) is 5.41 Å². The van der Waals surface area contributed by atoms with Gasteiger partial charge in [0.25, 0.3) is 0 Å². The van der Waals surface area contributed by atoms with Crippen LogP contribution in [-0.2, 0) is 18.7 Å². The number of amides is 1. The van der Waals surface area contributed by atoms with Crippen LogP contribution in [0.2, 0.25) is 0 Å². The Bertz CT molecular complexity index is 376. The van der Waals surface area contributed by atoms with Crippen molar-refractivity contribution in [3.63, 3.8) is 0 Å². The fourth-order valence-electron chi connectivity index (χ4n) is 1.15. The van der Waals surface area contributed by atoms with E-state index in [-0.39, 0.29) is 13.0 Å². The molecule has 0 bridgehead atoms. The van der Waals surface area contributed by atoms with Crippen molar-refractivity contribution < 1.29 is 38.7 Å². The molecule has 0 heterocycles. The molecule has 0 fully saturated rings. The fourth-order valence-corrected chi connectivity index (χ4v) is 1.81. The molecule has 9 nitrogen and oxygen atoms in total. The van der Waals surface area contributed by atoms with Gasteiger partial charge in [-0.25, -0.2) is 4.57 Å². The van der Waals surface area contributed by atoms with E-state index in [1.54, 1.807) is 0 Å². The zero-order valence-corrected chi connectivity index (χ0v) is 11.5. The first kappa shape index (κ1) is 18.0. The van der Waals surface area contributed by atoms with Gasteiger partial charge in [-0.3, -0.25) is 14.1 Å². The van der Waals surface area contributed by atoms with Gasteiger partial charge in [-0.1, -0.05) is 13.8 Å². The van der Waals surface area contributed by atoms with Crippen LogP contribution in [0.3, 0.4) is 0 Å². The number of aliphatic carboxylic acids is 1. The number of hydrogen-bond donors (Lipinski definition) is 5. The second kappa shape index (κ2) is 6.97. The van der Waals surface area contributed by atoms with E-state index in [0.717, 1.165) is 0 Å². The quantitative estimate of drug-likeness (QED) is 0.360. The number of aliphatic hydroxyl groups is 1. The van der Waals surface area contributed by atoms with E-state index in [2.05, 4.69) is 9.84 Å². The highest BCUT2D eigenvalue weighted by Gasteiger charge is 2.40. The minimum Gasteiger partial charge on any atom is -0.481 e. The summed E-state index contributed by atoms with van der Waals surface area (Å²) in [6, 6.07) is 0. The summed E-state index contributed by atoms with van der Waals surface area (Å²) in [4.78, 5) is 39.5. The van der Waals surface area contributed by atoms with Gasteiger partial charge in [0, 0.05) is 12.0 Å². The molecule has 10 heteroatoms. The molecule has 0 saturated heterocycles. The molecule has 1 atom stereocenters. The molecule has 1 unspecified atom stereocenters. The second-order valence-corrected chi connectivity index (χ2v) is 5.75. The second-order valence-electron chi connectivity index (χ2n) is 4.56. The SMILES string of the molecule is CC(C)(CO)C(OP(=O)(O)O)C(=O)NCCC(=O)O. The minimum absolute atomic E-state index is 0.212. The lowest BCUT2D eigenvalue weighted by atomic mass is 9.87. The first-order valence-electron chi connectivity index (χ1n) is 5.34. The van der Waals surface area contributed by atoms with Crippen molar-refractivity contribution in [3.05, 3.63) is 0 Å². The Labute approximate surface area is 109 Å². The Balaban J connectivity index is 4.79. The fraction of sp³-hybridized carbons (Fsp3) is 0.778. The Kier molecular flexibility index (Phi) is 6.61. The lowest BCUT2D eigenvalue weighted by Crippen LogP contribution is -2.47. The first-order valence-corrected chi connectivity index (χ1v) is 6.87. The Hall–Kier alpha value is -0.990. The van der Waals surface area contributed by atoms with Crippen molar-refractivity contribution in [2.45, 2.75) is 26.4 Å². The molecule has 0 radical (unpaired) electrons.